The number of pyridine rings is 1. The van der Waals surface area contributed by atoms with Gasteiger partial charge in [0.2, 0.25) is 0 Å². The minimum Gasteiger partial charge on any atom is -0.383 e. The van der Waals surface area contributed by atoms with Crippen molar-refractivity contribution in [2.45, 2.75) is 19.3 Å². The van der Waals surface area contributed by atoms with Gasteiger partial charge in [0.25, 0.3) is 5.91 Å². The maximum absolute atomic E-state index is 12.7. The number of aromatic nitrogens is 1. The van der Waals surface area contributed by atoms with E-state index in [1.165, 1.54) is 0 Å². The van der Waals surface area contributed by atoms with E-state index in [-0.39, 0.29) is 30.7 Å². The van der Waals surface area contributed by atoms with Gasteiger partial charge in [0.1, 0.15) is 0 Å². The van der Waals surface area contributed by atoms with Crippen molar-refractivity contribution in [3.05, 3.63) is 41.1 Å². The molecule has 0 spiro atoms. The number of fused-ring (bicyclic) bond motifs is 2. The average Bonchev–Trinajstić information content (AvgIpc) is 3.03. The zero-order valence-corrected chi connectivity index (χ0v) is 16.0. The largest absolute Gasteiger partial charge is 0.383 e. The van der Waals surface area contributed by atoms with E-state index in [0.717, 1.165) is 60.1 Å². The Bertz CT molecular complexity index is 710. The van der Waals surface area contributed by atoms with Gasteiger partial charge in [0.15, 0.2) is 0 Å². The van der Waals surface area contributed by atoms with Gasteiger partial charge >= 0.3 is 0 Å². The van der Waals surface area contributed by atoms with Crippen molar-refractivity contribution in [1.82, 2.24) is 15.6 Å². The monoisotopic (exact) mass is 385 g/mol. The first-order chi connectivity index (χ1) is 11.3. The van der Waals surface area contributed by atoms with Crippen molar-refractivity contribution in [1.29, 1.82) is 0 Å². The molecule has 1 amide bonds. The van der Waals surface area contributed by atoms with Crippen LogP contribution in [0.2, 0.25) is 0 Å². The number of hydrogen-bond acceptors (Lipinski definition) is 4. The van der Waals surface area contributed by atoms with Crippen LogP contribution in [-0.4, -0.2) is 44.2 Å². The first-order valence-corrected chi connectivity index (χ1v) is 8.19. The molecule has 1 aliphatic rings. The Hall–Kier alpha value is -1.40. The van der Waals surface area contributed by atoms with Crippen LogP contribution in [0.5, 0.6) is 0 Å². The summed E-state index contributed by atoms with van der Waals surface area (Å²) in [6.07, 6.45) is 3.00. The van der Waals surface area contributed by atoms with Crippen LogP contribution in [0.4, 0.5) is 0 Å². The van der Waals surface area contributed by atoms with E-state index in [2.05, 4.69) is 10.6 Å². The Labute approximate surface area is 160 Å². The smallest absolute Gasteiger partial charge is 0.252 e. The molecule has 0 bridgehead atoms. The van der Waals surface area contributed by atoms with Crippen molar-refractivity contribution < 1.29 is 9.53 Å². The summed E-state index contributed by atoms with van der Waals surface area (Å²) in [7, 11) is 1.68. The third-order valence-electron chi connectivity index (χ3n) is 4.22. The SMILES string of the molecule is COCCNCCNC(=O)c1c2c(nc3ccccc13)CCC2.Cl.Cl. The standard InChI is InChI=1S/C18H23N3O2.2ClH/c1-23-12-11-19-9-10-20-18(22)17-13-5-2-3-7-15(13)21-16-8-4-6-14(16)17;;/h2-3,5,7,19H,4,6,8-12H2,1H3,(H,20,22);2*1H. The highest BCUT2D eigenvalue weighted by Crippen LogP contribution is 2.29. The van der Waals surface area contributed by atoms with E-state index in [0.29, 0.717) is 13.2 Å². The summed E-state index contributed by atoms with van der Waals surface area (Å²) < 4.78 is 4.98. The number of rotatable bonds is 7. The highest BCUT2D eigenvalue weighted by Gasteiger charge is 2.23. The maximum Gasteiger partial charge on any atom is 0.252 e. The minimum atomic E-state index is 0. The fourth-order valence-corrected chi connectivity index (χ4v) is 3.12. The average molecular weight is 386 g/mol. The van der Waals surface area contributed by atoms with Crippen molar-refractivity contribution in [3.63, 3.8) is 0 Å². The van der Waals surface area contributed by atoms with E-state index < -0.39 is 0 Å². The molecule has 2 aromatic rings. The van der Waals surface area contributed by atoms with E-state index in [9.17, 15) is 4.79 Å². The quantitative estimate of drug-likeness (QED) is 0.718. The number of methoxy groups -OCH3 is 1. The van der Waals surface area contributed by atoms with Crippen LogP contribution in [-0.2, 0) is 17.6 Å². The van der Waals surface area contributed by atoms with E-state index in [1.54, 1.807) is 7.11 Å². The molecule has 1 aromatic heterocycles. The summed E-state index contributed by atoms with van der Waals surface area (Å²) in [4.78, 5) is 17.4. The van der Waals surface area contributed by atoms with Crippen LogP contribution < -0.4 is 10.6 Å². The lowest BCUT2D eigenvalue weighted by atomic mass is 10.0. The molecule has 5 nitrogen and oxygen atoms in total. The van der Waals surface area contributed by atoms with Gasteiger partial charge in [-0.1, -0.05) is 18.2 Å². The highest BCUT2D eigenvalue weighted by molar-refractivity contribution is 6.07. The lowest BCUT2D eigenvalue weighted by Crippen LogP contribution is -2.33. The predicted octanol–water partition coefficient (Wildman–Crippen LogP) is 2.53. The molecule has 3 rings (SSSR count). The molecular formula is C18H25Cl2N3O2. The Morgan fingerprint density at radius 3 is 2.76 bits per heavy atom. The summed E-state index contributed by atoms with van der Waals surface area (Å²) in [6, 6.07) is 7.91. The van der Waals surface area contributed by atoms with Gasteiger partial charge in [-0.3, -0.25) is 9.78 Å². The summed E-state index contributed by atoms with van der Waals surface area (Å²) in [5.41, 5.74) is 3.96. The zero-order chi connectivity index (χ0) is 16.1. The van der Waals surface area contributed by atoms with Crippen LogP contribution in [0.25, 0.3) is 10.9 Å². The first-order valence-electron chi connectivity index (χ1n) is 8.19. The number of amides is 1. The summed E-state index contributed by atoms with van der Waals surface area (Å²) in [6.45, 7) is 2.81. The number of ether oxygens (including phenoxy) is 1. The van der Waals surface area contributed by atoms with Crippen LogP contribution in [0.15, 0.2) is 24.3 Å². The highest BCUT2D eigenvalue weighted by atomic mass is 35.5. The molecule has 1 heterocycles. The molecule has 2 N–H and O–H groups in total. The summed E-state index contributed by atoms with van der Waals surface area (Å²) >= 11 is 0. The fraction of sp³-hybridized carbons (Fsp3) is 0.444. The normalized spacial score (nSPS) is 12.2. The van der Waals surface area contributed by atoms with Gasteiger partial charge < -0.3 is 15.4 Å². The van der Waals surface area contributed by atoms with Gasteiger partial charge in [0, 0.05) is 37.8 Å². The molecule has 0 saturated heterocycles. The number of halogens is 2. The zero-order valence-electron chi connectivity index (χ0n) is 14.3. The fourth-order valence-electron chi connectivity index (χ4n) is 3.12. The molecule has 0 aliphatic heterocycles. The molecule has 0 radical (unpaired) electrons. The number of nitrogens with one attached hydrogen (secondary N) is 2. The van der Waals surface area contributed by atoms with E-state index in [4.69, 9.17) is 9.72 Å². The lowest BCUT2D eigenvalue weighted by Gasteiger charge is -2.13. The van der Waals surface area contributed by atoms with Gasteiger partial charge in [0.05, 0.1) is 17.7 Å². The Kier molecular flexibility index (Phi) is 9.14. The van der Waals surface area contributed by atoms with Gasteiger partial charge in [-0.25, -0.2) is 0 Å². The Morgan fingerprint density at radius 2 is 1.96 bits per heavy atom. The van der Waals surface area contributed by atoms with Crippen LogP contribution >= 0.6 is 24.8 Å². The summed E-state index contributed by atoms with van der Waals surface area (Å²) in [5.74, 6) is 0.00953. The van der Waals surface area contributed by atoms with Crippen LogP contribution in [0.3, 0.4) is 0 Å². The molecule has 0 atom stereocenters. The van der Waals surface area contributed by atoms with Gasteiger partial charge in [-0.15, -0.1) is 24.8 Å². The topological polar surface area (TPSA) is 63.2 Å². The number of carbonyl (C=O) groups excluding carboxylic acids is 1. The second-order valence-electron chi connectivity index (χ2n) is 5.78. The molecule has 25 heavy (non-hydrogen) atoms. The molecule has 0 unspecified atom stereocenters. The van der Waals surface area contributed by atoms with Crippen molar-refractivity contribution in [2.24, 2.45) is 0 Å². The second kappa shape index (κ2) is 10.6. The Balaban J connectivity index is 0.00000156. The van der Waals surface area contributed by atoms with Gasteiger partial charge in [-0.05, 0) is 30.9 Å². The lowest BCUT2D eigenvalue weighted by molar-refractivity contribution is 0.0954. The number of hydrogen-bond donors (Lipinski definition) is 2. The van der Waals surface area contributed by atoms with Crippen molar-refractivity contribution in [3.8, 4) is 0 Å². The number of carbonyl (C=O) groups is 1. The molecule has 7 heteroatoms. The van der Waals surface area contributed by atoms with E-state index >= 15 is 0 Å². The van der Waals surface area contributed by atoms with Crippen molar-refractivity contribution >= 4 is 41.6 Å². The Morgan fingerprint density at radius 1 is 1.16 bits per heavy atom. The number of aryl methyl sites for hydroxylation is 1. The number of nitrogens with zero attached hydrogens (tertiary/aromatic N) is 1. The third kappa shape index (κ3) is 5.05. The van der Waals surface area contributed by atoms with Gasteiger partial charge in [-0.2, -0.15) is 0 Å². The van der Waals surface area contributed by atoms with Crippen molar-refractivity contribution in [2.75, 3.05) is 33.4 Å². The first kappa shape index (κ1) is 21.6. The molecule has 0 saturated carbocycles. The molecule has 138 valence electrons. The summed E-state index contributed by atoms with van der Waals surface area (Å²) in [5, 5.41) is 7.21. The molecule has 1 aromatic carbocycles. The van der Waals surface area contributed by atoms with E-state index in [1.807, 2.05) is 24.3 Å². The molecule has 1 aliphatic carbocycles. The molecule has 0 fully saturated rings. The minimum absolute atomic E-state index is 0. The predicted molar refractivity (Wildman–Crippen MR) is 105 cm³/mol. The van der Waals surface area contributed by atoms with Crippen LogP contribution in [0.1, 0.15) is 28.0 Å². The molecular weight excluding hydrogens is 361 g/mol. The second-order valence-corrected chi connectivity index (χ2v) is 5.78. The van der Waals surface area contributed by atoms with Crippen LogP contribution in [0, 0.1) is 0 Å². The number of benzene rings is 1. The number of para-hydroxylation sites is 1. The maximum atomic E-state index is 12.7. The third-order valence-corrected chi connectivity index (χ3v) is 4.22.